The zero-order valence-electron chi connectivity index (χ0n) is 22.8. The summed E-state index contributed by atoms with van der Waals surface area (Å²) >= 11 is 6.08. The average molecular weight is 650 g/mol. The van der Waals surface area contributed by atoms with Gasteiger partial charge >= 0.3 is 11.9 Å². The number of hydrogen-bond donors (Lipinski definition) is 6. The number of rotatable bonds is 9. The summed E-state index contributed by atoms with van der Waals surface area (Å²) in [6.45, 7) is 1.93. The highest BCUT2D eigenvalue weighted by Gasteiger charge is 2.19. The molecule has 0 aliphatic heterocycles. The topological polar surface area (TPSA) is 237 Å². The lowest BCUT2D eigenvalue weighted by atomic mass is 10.0. The minimum atomic E-state index is -4.77. The average Bonchev–Trinajstić information content (AvgIpc) is 2.96. The number of carbonyl (C=O) groups is 2. The molecule has 4 aromatic carbocycles. The van der Waals surface area contributed by atoms with Gasteiger partial charge in [0, 0.05) is 16.8 Å². The van der Waals surface area contributed by atoms with Crippen molar-refractivity contribution in [1.29, 1.82) is 0 Å². The van der Waals surface area contributed by atoms with Crippen LogP contribution in [-0.2, 0) is 10.1 Å². The van der Waals surface area contributed by atoms with E-state index < -0.39 is 38.3 Å². The number of benzene rings is 4. The smallest absolute Gasteiger partial charge is 0.339 e. The number of nitrogens with one attached hydrogen (secondary N) is 2. The molecule has 0 amide bonds. The lowest BCUT2D eigenvalue weighted by Crippen LogP contribution is -2.05. The van der Waals surface area contributed by atoms with Crippen molar-refractivity contribution in [3.8, 4) is 5.75 Å². The van der Waals surface area contributed by atoms with E-state index in [2.05, 4.69) is 35.8 Å². The Bertz CT molecular complexity index is 2140. The molecule has 0 aliphatic carbocycles. The minimum Gasteiger partial charge on any atom is -0.505 e. The maximum atomic E-state index is 12.1. The van der Waals surface area contributed by atoms with E-state index in [0.29, 0.717) is 5.69 Å². The van der Waals surface area contributed by atoms with E-state index in [1.54, 1.807) is 12.1 Å². The van der Waals surface area contributed by atoms with E-state index in [9.17, 15) is 37.9 Å². The standard InChI is InChI=1S/C28H20ClN7O8S/c1-13-2-5-16(6-3-13)30-27-32-26(29)33-28(34-27)31-17-10-18(12-19(11-17)45(42,43)44)35-36-22-20-7-4-14(24(38)39)8-15(20)9-21(23(22)37)25(40)41/h2-12,37H,1H3,(H,38,39)(H,40,41)(H,42,43,44)(H2,30,31,32,33,34). The number of aryl methyl sites for hydroxylation is 1. The summed E-state index contributed by atoms with van der Waals surface area (Å²) in [4.78, 5) is 34.8. The third kappa shape index (κ3) is 7.10. The van der Waals surface area contributed by atoms with Gasteiger partial charge in [0.15, 0.2) is 5.75 Å². The number of halogens is 1. The van der Waals surface area contributed by atoms with Crippen molar-refractivity contribution in [3.63, 3.8) is 0 Å². The second kappa shape index (κ2) is 12.1. The van der Waals surface area contributed by atoms with Crippen molar-refractivity contribution >= 4 is 79.1 Å². The molecule has 0 unspecified atom stereocenters. The molecule has 0 fully saturated rings. The van der Waals surface area contributed by atoms with Gasteiger partial charge in [-0.05, 0) is 72.4 Å². The number of nitrogens with zero attached hydrogens (tertiary/aromatic N) is 5. The summed E-state index contributed by atoms with van der Waals surface area (Å²) in [5, 5.41) is 43.3. The molecule has 0 saturated heterocycles. The molecule has 0 atom stereocenters. The molecular weight excluding hydrogens is 630 g/mol. The summed E-state index contributed by atoms with van der Waals surface area (Å²) in [6.07, 6.45) is 0. The fourth-order valence-electron chi connectivity index (χ4n) is 4.10. The van der Waals surface area contributed by atoms with Gasteiger partial charge < -0.3 is 26.0 Å². The number of azo groups is 1. The third-order valence-corrected chi connectivity index (χ3v) is 7.19. The number of aromatic carboxylic acids is 2. The molecule has 5 aromatic rings. The van der Waals surface area contributed by atoms with Gasteiger partial charge in [-0.2, -0.15) is 28.5 Å². The Kier molecular flexibility index (Phi) is 8.28. The highest BCUT2D eigenvalue weighted by Crippen LogP contribution is 2.40. The Balaban J connectivity index is 1.55. The molecule has 45 heavy (non-hydrogen) atoms. The van der Waals surface area contributed by atoms with Gasteiger partial charge in [-0.1, -0.05) is 23.8 Å². The predicted octanol–water partition coefficient (Wildman–Crippen LogP) is 6.24. The lowest BCUT2D eigenvalue weighted by Gasteiger charge is -2.10. The number of phenols is 1. The summed E-state index contributed by atoms with van der Waals surface area (Å²) in [7, 11) is -4.77. The highest BCUT2D eigenvalue weighted by atomic mass is 35.5. The summed E-state index contributed by atoms with van der Waals surface area (Å²) in [5.41, 5.74) is 0.503. The van der Waals surface area contributed by atoms with E-state index in [-0.39, 0.29) is 50.6 Å². The number of aromatic nitrogens is 3. The Labute approximate surface area is 258 Å². The SMILES string of the molecule is Cc1ccc(Nc2nc(Cl)nc(Nc3cc(N=Nc4c(O)c(C(=O)O)cc5cc(C(=O)O)ccc45)cc(S(=O)(=O)O)c3)n2)cc1. The summed E-state index contributed by atoms with van der Waals surface area (Å²) in [5.74, 6) is -3.58. The third-order valence-electron chi connectivity index (χ3n) is 6.19. The highest BCUT2D eigenvalue weighted by molar-refractivity contribution is 7.85. The quantitative estimate of drug-likeness (QED) is 0.0766. The first kappa shape index (κ1) is 30.7. The number of hydrogen-bond acceptors (Lipinski definition) is 12. The first-order chi connectivity index (χ1) is 21.3. The van der Waals surface area contributed by atoms with E-state index in [1.165, 1.54) is 24.3 Å². The molecule has 1 heterocycles. The molecule has 228 valence electrons. The largest absolute Gasteiger partial charge is 0.505 e. The van der Waals surface area contributed by atoms with Crippen LogP contribution in [-0.4, -0.2) is 55.2 Å². The van der Waals surface area contributed by atoms with Crippen LogP contribution < -0.4 is 10.6 Å². The van der Waals surface area contributed by atoms with E-state index in [0.717, 1.165) is 23.8 Å². The Morgan fingerprint density at radius 1 is 0.822 bits per heavy atom. The molecule has 1 aromatic heterocycles. The maximum absolute atomic E-state index is 12.1. The van der Waals surface area contributed by atoms with Gasteiger partial charge in [0.25, 0.3) is 10.1 Å². The van der Waals surface area contributed by atoms with Crippen LogP contribution in [0.15, 0.2) is 81.9 Å². The molecule has 0 bridgehead atoms. The number of carboxylic acid groups (broad SMARTS) is 2. The minimum absolute atomic E-state index is 0.0158. The van der Waals surface area contributed by atoms with Gasteiger partial charge in [-0.15, -0.1) is 5.11 Å². The van der Waals surface area contributed by atoms with Crippen LogP contribution in [0.4, 0.5) is 34.6 Å². The molecule has 0 saturated carbocycles. The number of fused-ring (bicyclic) bond motifs is 1. The van der Waals surface area contributed by atoms with Crippen LogP contribution in [0.1, 0.15) is 26.3 Å². The van der Waals surface area contributed by atoms with Crippen LogP contribution in [0.3, 0.4) is 0 Å². The fraction of sp³-hybridized carbons (Fsp3) is 0.0357. The number of carboxylic acids is 2. The monoisotopic (exact) mass is 649 g/mol. The number of anilines is 4. The first-order valence-corrected chi connectivity index (χ1v) is 14.4. The summed E-state index contributed by atoms with van der Waals surface area (Å²) < 4.78 is 33.9. The lowest BCUT2D eigenvalue weighted by molar-refractivity contribution is 0.0685. The van der Waals surface area contributed by atoms with Crippen molar-refractivity contribution in [2.75, 3.05) is 10.6 Å². The van der Waals surface area contributed by atoms with E-state index >= 15 is 0 Å². The zero-order chi connectivity index (χ0) is 32.5. The zero-order valence-corrected chi connectivity index (χ0v) is 24.4. The molecular formula is C28H20ClN7O8S. The molecule has 0 spiro atoms. The summed E-state index contributed by atoms with van der Waals surface area (Å²) in [6, 6.07) is 15.5. The predicted molar refractivity (Wildman–Crippen MR) is 163 cm³/mol. The second-order valence-electron chi connectivity index (χ2n) is 9.43. The van der Waals surface area contributed by atoms with Crippen molar-refractivity contribution in [1.82, 2.24) is 15.0 Å². The molecule has 5 rings (SSSR count). The first-order valence-electron chi connectivity index (χ1n) is 12.6. The van der Waals surface area contributed by atoms with Gasteiger partial charge in [0.1, 0.15) is 11.3 Å². The van der Waals surface area contributed by atoms with Crippen LogP contribution in [0.5, 0.6) is 5.75 Å². The number of aromatic hydroxyl groups is 1. The molecule has 0 radical (unpaired) electrons. The van der Waals surface area contributed by atoms with Gasteiger partial charge in [0.05, 0.1) is 16.1 Å². The fourth-order valence-corrected chi connectivity index (χ4v) is 4.81. The van der Waals surface area contributed by atoms with Crippen LogP contribution in [0.2, 0.25) is 5.28 Å². The molecule has 0 aliphatic rings. The van der Waals surface area contributed by atoms with Crippen molar-refractivity contribution in [2.24, 2.45) is 10.2 Å². The van der Waals surface area contributed by atoms with E-state index in [1.807, 2.05) is 19.1 Å². The van der Waals surface area contributed by atoms with Crippen molar-refractivity contribution in [3.05, 3.63) is 88.7 Å². The Morgan fingerprint density at radius 3 is 2.11 bits per heavy atom. The van der Waals surface area contributed by atoms with Crippen LogP contribution in [0.25, 0.3) is 10.8 Å². The van der Waals surface area contributed by atoms with Crippen molar-refractivity contribution < 1.29 is 37.9 Å². The molecule has 17 heteroatoms. The normalized spacial score (nSPS) is 11.5. The van der Waals surface area contributed by atoms with Crippen molar-refractivity contribution in [2.45, 2.75) is 11.8 Å². The van der Waals surface area contributed by atoms with E-state index in [4.69, 9.17) is 11.6 Å². The van der Waals surface area contributed by atoms with Crippen LogP contribution in [0, 0.1) is 6.92 Å². The second-order valence-corrected chi connectivity index (χ2v) is 11.2. The molecule has 6 N–H and O–H groups in total. The maximum Gasteiger partial charge on any atom is 0.339 e. The Morgan fingerprint density at radius 2 is 1.49 bits per heavy atom. The Hall–Kier alpha value is -5.71. The van der Waals surface area contributed by atoms with Gasteiger partial charge in [0.2, 0.25) is 17.2 Å². The van der Waals surface area contributed by atoms with Gasteiger partial charge in [-0.3, -0.25) is 4.55 Å². The van der Waals surface area contributed by atoms with Crippen LogP contribution >= 0.6 is 11.6 Å². The molecule has 15 nitrogen and oxygen atoms in total. The van der Waals surface area contributed by atoms with Gasteiger partial charge in [-0.25, -0.2) is 9.59 Å².